The van der Waals surface area contributed by atoms with Crippen molar-refractivity contribution in [2.24, 2.45) is 0 Å². The van der Waals surface area contributed by atoms with Crippen molar-refractivity contribution in [2.75, 3.05) is 7.11 Å². The fraction of sp³-hybridized carbons (Fsp3) is 0.200. The van der Waals surface area contributed by atoms with E-state index >= 15 is 0 Å². The third-order valence-corrected chi connectivity index (χ3v) is 3.77. The molecular weight excluding hydrogens is 336 g/mol. The van der Waals surface area contributed by atoms with Gasteiger partial charge >= 0.3 is 5.97 Å². The highest BCUT2D eigenvalue weighted by atomic mass is 16.5. The normalized spacial score (nSPS) is 10.6. The second-order valence-corrected chi connectivity index (χ2v) is 5.58. The Morgan fingerprint density at radius 2 is 1.85 bits per heavy atom. The van der Waals surface area contributed by atoms with Gasteiger partial charge in [-0.1, -0.05) is 13.0 Å². The SMILES string of the molecule is CCC(=O)Oc1ccc2c(=O)c(Oc3cccc(OC)c3)c(C)oc2c1. The van der Waals surface area contributed by atoms with Crippen molar-refractivity contribution in [1.82, 2.24) is 0 Å². The molecule has 0 aliphatic rings. The van der Waals surface area contributed by atoms with Crippen LogP contribution >= 0.6 is 0 Å². The van der Waals surface area contributed by atoms with E-state index in [0.717, 1.165) is 0 Å². The van der Waals surface area contributed by atoms with Gasteiger partial charge in [0.25, 0.3) is 0 Å². The van der Waals surface area contributed by atoms with E-state index in [0.29, 0.717) is 34.0 Å². The summed E-state index contributed by atoms with van der Waals surface area (Å²) >= 11 is 0. The summed E-state index contributed by atoms with van der Waals surface area (Å²) in [5.74, 6) is 1.48. The number of benzene rings is 2. The molecule has 6 nitrogen and oxygen atoms in total. The number of rotatable bonds is 5. The van der Waals surface area contributed by atoms with Crippen LogP contribution in [0.15, 0.2) is 51.7 Å². The Hall–Kier alpha value is -3.28. The summed E-state index contributed by atoms with van der Waals surface area (Å²) in [6.45, 7) is 3.34. The van der Waals surface area contributed by atoms with Crippen LogP contribution in [0.4, 0.5) is 0 Å². The minimum atomic E-state index is -0.360. The zero-order valence-electron chi connectivity index (χ0n) is 14.7. The molecule has 0 fully saturated rings. The summed E-state index contributed by atoms with van der Waals surface area (Å²) in [4.78, 5) is 24.2. The molecule has 0 aliphatic heterocycles. The molecule has 0 saturated carbocycles. The smallest absolute Gasteiger partial charge is 0.310 e. The van der Waals surface area contributed by atoms with Gasteiger partial charge in [-0.15, -0.1) is 0 Å². The summed E-state index contributed by atoms with van der Waals surface area (Å²) in [5.41, 5.74) is 0.0202. The first-order valence-corrected chi connectivity index (χ1v) is 8.12. The largest absolute Gasteiger partial charge is 0.497 e. The monoisotopic (exact) mass is 354 g/mol. The maximum absolute atomic E-state index is 12.8. The fourth-order valence-electron chi connectivity index (χ4n) is 2.44. The molecule has 0 saturated heterocycles. The predicted octanol–water partition coefficient (Wildman–Crippen LogP) is 4.22. The third kappa shape index (κ3) is 3.54. The molecule has 3 aromatic rings. The van der Waals surface area contributed by atoms with Crippen molar-refractivity contribution < 1.29 is 23.4 Å². The second kappa shape index (κ2) is 7.31. The molecule has 0 bridgehead atoms. The fourth-order valence-corrected chi connectivity index (χ4v) is 2.44. The first-order chi connectivity index (χ1) is 12.5. The van der Waals surface area contributed by atoms with Gasteiger partial charge in [0.05, 0.1) is 12.5 Å². The molecule has 2 aromatic carbocycles. The van der Waals surface area contributed by atoms with Crippen LogP contribution in [0.2, 0.25) is 0 Å². The van der Waals surface area contributed by atoms with Crippen molar-refractivity contribution in [2.45, 2.75) is 20.3 Å². The van der Waals surface area contributed by atoms with E-state index in [9.17, 15) is 9.59 Å². The van der Waals surface area contributed by atoms with Gasteiger partial charge in [-0.25, -0.2) is 0 Å². The van der Waals surface area contributed by atoms with Crippen LogP contribution in [0.25, 0.3) is 11.0 Å². The second-order valence-electron chi connectivity index (χ2n) is 5.58. The zero-order chi connectivity index (χ0) is 18.7. The van der Waals surface area contributed by atoms with Crippen molar-refractivity contribution in [3.63, 3.8) is 0 Å². The predicted molar refractivity (Wildman–Crippen MR) is 96.2 cm³/mol. The molecule has 3 rings (SSSR count). The van der Waals surface area contributed by atoms with E-state index in [-0.39, 0.29) is 23.6 Å². The molecule has 1 aromatic heterocycles. The minimum absolute atomic E-state index is 0.101. The number of fused-ring (bicyclic) bond motifs is 1. The number of carbonyl (C=O) groups excluding carboxylic acids is 1. The Morgan fingerprint density at radius 3 is 2.58 bits per heavy atom. The lowest BCUT2D eigenvalue weighted by Gasteiger charge is -2.10. The van der Waals surface area contributed by atoms with Crippen LogP contribution in [-0.2, 0) is 4.79 Å². The lowest BCUT2D eigenvalue weighted by molar-refractivity contribution is -0.134. The Morgan fingerprint density at radius 1 is 1.08 bits per heavy atom. The van der Waals surface area contributed by atoms with E-state index in [1.165, 1.54) is 6.07 Å². The molecule has 0 spiro atoms. The van der Waals surface area contributed by atoms with E-state index < -0.39 is 0 Å². The number of aryl methyl sites for hydroxylation is 1. The maximum atomic E-state index is 12.8. The van der Waals surface area contributed by atoms with Crippen molar-refractivity contribution >= 4 is 16.9 Å². The minimum Gasteiger partial charge on any atom is -0.497 e. The summed E-state index contributed by atoms with van der Waals surface area (Å²) in [6.07, 6.45) is 0.258. The van der Waals surface area contributed by atoms with Gasteiger partial charge in [0.2, 0.25) is 11.2 Å². The maximum Gasteiger partial charge on any atom is 0.310 e. The first kappa shape index (κ1) is 17.5. The molecule has 0 amide bonds. The average Bonchev–Trinajstić information content (AvgIpc) is 2.65. The topological polar surface area (TPSA) is 75.0 Å². The Bertz CT molecular complexity index is 1020. The Kier molecular flexibility index (Phi) is 4.93. The van der Waals surface area contributed by atoms with Crippen LogP contribution in [-0.4, -0.2) is 13.1 Å². The number of ether oxygens (including phenoxy) is 3. The van der Waals surface area contributed by atoms with E-state index in [4.69, 9.17) is 18.6 Å². The number of methoxy groups -OCH3 is 1. The molecule has 0 unspecified atom stereocenters. The molecule has 0 N–H and O–H groups in total. The molecule has 0 aliphatic carbocycles. The van der Waals surface area contributed by atoms with Crippen molar-refractivity contribution in [3.05, 3.63) is 58.4 Å². The number of esters is 1. The molecular formula is C20H18O6. The summed E-state index contributed by atoms with van der Waals surface area (Å²) in [5, 5.41) is 0.338. The molecule has 0 atom stereocenters. The summed E-state index contributed by atoms with van der Waals surface area (Å²) < 4.78 is 21.8. The van der Waals surface area contributed by atoms with Crippen LogP contribution < -0.4 is 19.6 Å². The van der Waals surface area contributed by atoms with E-state index in [1.807, 2.05) is 0 Å². The lowest BCUT2D eigenvalue weighted by atomic mass is 10.2. The lowest BCUT2D eigenvalue weighted by Crippen LogP contribution is -2.08. The van der Waals surface area contributed by atoms with Crippen molar-refractivity contribution in [1.29, 1.82) is 0 Å². The molecule has 1 heterocycles. The number of hydrogen-bond acceptors (Lipinski definition) is 6. The average molecular weight is 354 g/mol. The molecule has 6 heteroatoms. The first-order valence-electron chi connectivity index (χ1n) is 8.12. The quantitative estimate of drug-likeness (QED) is 0.504. The van der Waals surface area contributed by atoms with Crippen LogP contribution in [0.5, 0.6) is 23.0 Å². The van der Waals surface area contributed by atoms with E-state index in [2.05, 4.69) is 0 Å². The Balaban J connectivity index is 2.00. The van der Waals surface area contributed by atoms with Crippen LogP contribution in [0.1, 0.15) is 19.1 Å². The summed E-state index contributed by atoms with van der Waals surface area (Å²) in [6, 6.07) is 11.6. The zero-order valence-corrected chi connectivity index (χ0v) is 14.7. The molecule has 134 valence electrons. The van der Waals surface area contributed by atoms with E-state index in [1.54, 1.807) is 57.4 Å². The van der Waals surface area contributed by atoms with Crippen LogP contribution in [0, 0.1) is 6.92 Å². The van der Waals surface area contributed by atoms with Gasteiger partial charge < -0.3 is 18.6 Å². The highest BCUT2D eigenvalue weighted by Crippen LogP contribution is 2.29. The van der Waals surface area contributed by atoms with Crippen LogP contribution in [0.3, 0.4) is 0 Å². The highest BCUT2D eigenvalue weighted by Gasteiger charge is 2.15. The summed E-state index contributed by atoms with van der Waals surface area (Å²) in [7, 11) is 1.55. The van der Waals surface area contributed by atoms with Crippen molar-refractivity contribution in [3.8, 4) is 23.0 Å². The molecule has 26 heavy (non-hydrogen) atoms. The van der Waals surface area contributed by atoms with Gasteiger partial charge in [0.1, 0.15) is 28.6 Å². The third-order valence-electron chi connectivity index (χ3n) is 3.77. The highest BCUT2D eigenvalue weighted by molar-refractivity contribution is 5.81. The van der Waals surface area contributed by atoms with Gasteiger partial charge in [-0.05, 0) is 31.2 Å². The number of hydrogen-bond donors (Lipinski definition) is 0. The molecule has 0 radical (unpaired) electrons. The standard InChI is InChI=1S/C20H18O6/c1-4-18(21)25-15-8-9-16-17(11-15)24-12(2)20(19(16)22)26-14-7-5-6-13(10-14)23-3/h5-11H,4H2,1-3H3. The van der Waals surface area contributed by atoms with Gasteiger partial charge in [0.15, 0.2) is 0 Å². The van der Waals surface area contributed by atoms with Gasteiger partial charge in [-0.2, -0.15) is 0 Å². The number of carbonyl (C=O) groups is 1. The van der Waals surface area contributed by atoms with Gasteiger partial charge in [0, 0.05) is 18.6 Å². The van der Waals surface area contributed by atoms with Gasteiger partial charge in [-0.3, -0.25) is 9.59 Å². The Labute approximate surface area is 149 Å².